The van der Waals surface area contributed by atoms with Crippen LogP contribution in [-0.4, -0.2) is 4.98 Å². The van der Waals surface area contributed by atoms with Crippen molar-refractivity contribution in [3.05, 3.63) is 39.6 Å². The minimum absolute atomic E-state index is 0.224. The zero-order chi connectivity index (χ0) is 10.8. The molecule has 2 rings (SSSR count). The summed E-state index contributed by atoms with van der Waals surface area (Å²) < 4.78 is 13.6. The van der Waals surface area contributed by atoms with Crippen LogP contribution in [-0.2, 0) is 0 Å². The maximum absolute atomic E-state index is 12.8. The third-order valence-electron chi connectivity index (χ3n) is 1.91. The maximum atomic E-state index is 12.8. The van der Waals surface area contributed by atoms with Crippen LogP contribution in [0.25, 0.3) is 0 Å². The second-order valence-corrected chi connectivity index (χ2v) is 4.73. The number of aromatic nitrogens is 1. The van der Waals surface area contributed by atoms with Gasteiger partial charge >= 0.3 is 0 Å². The first-order chi connectivity index (χ1) is 7.15. The van der Waals surface area contributed by atoms with Crippen LogP contribution in [0.2, 0.25) is 0 Å². The summed E-state index contributed by atoms with van der Waals surface area (Å²) in [4.78, 5) is 4.20. The molecule has 2 aromatic rings. The van der Waals surface area contributed by atoms with Crippen molar-refractivity contribution in [3.8, 4) is 0 Å². The van der Waals surface area contributed by atoms with Crippen molar-refractivity contribution in [1.82, 2.24) is 4.98 Å². The van der Waals surface area contributed by atoms with Crippen LogP contribution in [0.4, 0.5) is 15.2 Å². The molecule has 5 heteroatoms. The minimum atomic E-state index is -0.224. The Hall–Kier alpha value is -0.940. The summed E-state index contributed by atoms with van der Waals surface area (Å²) in [5.74, 6) is -0.224. The molecule has 15 heavy (non-hydrogen) atoms. The van der Waals surface area contributed by atoms with Gasteiger partial charge in [0.25, 0.3) is 0 Å². The molecule has 0 saturated carbocycles. The van der Waals surface area contributed by atoms with Crippen LogP contribution in [0.3, 0.4) is 0 Å². The van der Waals surface area contributed by atoms with Gasteiger partial charge in [-0.2, -0.15) is 0 Å². The van der Waals surface area contributed by atoms with E-state index in [1.165, 1.54) is 23.5 Å². The van der Waals surface area contributed by atoms with Gasteiger partial charge in [-0.25, -0.2) is 9.37 Å². The van der Waals surface area contributed by atoms with E-state index in [9.17, 15) is 4.39 Å². The first kappa shape index (κ1) is 10.6. The maximum Gasteiger partial charge on any atom is 0.188 e. The summed E-state index contributed by atoms with van der Waals surface area (Å²) in [6.45, 7) is 1.86. The average molecular weight is 287 g/mol. The van der Waals surface area contributed by atoms with E-state index in [2.05, 4.69) is 26.2 Å². The van der Waals surface area contributed by atoms with Crippen LogP contribution >= 0.6 is 27.3 Å². The summed E-state index contributed by atoms with van der Waals surface area (Å²) in [6.07, 6.45) is 0. The molecule has 0 amide bonds. The molecule has 0 unspecified atom stereocenters. The van der Waals surface area contributed by atoms with Gasteiger partial charge in [0.2, 0.25) is 0 Å². The number of rotatable bonds is 2. The Bertz CT molecular complexity index is 484. The van der Waals surface area contributed by atoms with Crippen LogP contribution in [0.15, 0.2) is 28.2 Å². The van der Waals surface area contributed by atoms with Crippen molar-refractivity contribution in [2.75, 3.05) is 5.32 Å². The lowest BCUT2D eigenvalue weighted by Crippen LogP contribution is -1.92. The fraction of sp³-hybridized carbons (Fsp3) is 0.100. The van der Waals surface area contributed by atoms with E-state index in [-0.39, 0.29) is 5.82 Å². The standard InChI is InChI=1S/C10H8BrFN2S/c1-6-4-7(12)2-3-8(6)13-10-14-9(11)5-15-10/h2-5H,1H3,(H,13,14). The third-order valence-corrected chi connectivity index (χ3v) is 3.37. The van der Waals surface area contributed by atoms with Crippen molar-refractivity contribution < 1.29 is 4.39 Å². The molecule has 1 aromatic carbocycles. The second-order valence-electron chi connectivity index (χ2n) is 3.06. The lowest BCUT2D eigenvalue weighted by atomic mass is 10.2. The SMILES string of the molecule is Cc1cc(F)ccc1Nc1nc(Br)cs1. The highest BCUT2D eigenvalue weighted by atomic mass is 79.9. The number of anilines is 2. The van der Waals surface area contributed by atoms with Crippen LogP contribution in [0.1, 0.15) is 5.56 Å². The van der Waals surface area contributed by atoms with E-state index in [4.69, 9.17) is 0 Å². The number of thiazole rings is 1. The van der Waals surface area contributed by atoms with Crippen LogP contribution < -0.4 is 5.32 Å². The Morgan fingerprint density at radius 2 is 2.27 bits per heavy atom. The highest BCUT2D eigenvalue weighted by Gasteiger charge is 2.03. The summed E-state index contributed by atoms with van der Waals surface area (Å²) in [5.41, 5.74) is 1.74. The quantitative estimate of drug-likeness (QED) is 0.899. The smallest absolute Gasteiger partial charge is 0.188 e. The lowest BCUT2D eigenvalue weighted by Gasteiger charge is -2.05. The molecule has 1 heterocycles. The molecule has 0 fully saturated rings. The second kappa shape index (κ2) is 4.28. The molecular formula is C10H8BrFN2S. The Labute approximate surface area is 99.3 Å². The lowest BCUT2D eigenvalue weighted by molar-refractivity contribution is 0.627. The van der Waals surface area contributed by atoms with Gasteiger partial charge in [0.15, 0.2) is 5.13 Å². The number of nitrogens with one attached hydrogen (secondary N) is 1. The van der Waals surface area contributed by atoms with Gasteiger partial charge in [0.05, 0.1) is 0 Å². The minimum Gasteiger partial charge on any atom is -0.331 e. The first-order valence-corrected chi connectivity index (χ1v) is 5.96. The topological polar surface area (TPSA) is 24.9 Å². The van der Waals surface area contributed by atoms with Gasteiger partial charge in [0.1, 0.15) is 10.4 Å². The molecule has 0 atom stereocenters. The van der Waals surface area contributed by atoms with E-state index in [0.717, 1.165) is 21.0 Å². The largest absolute Gasteiger partial charge is 0.331 e. The van der Waals surface area contributed by atoms with Gasteiger partial charge in [0, 0.05) is 11.1 Å². The number of nitrogens with zero attached hydrogens (tertiary/aromatic N) is 1. The molecule has 0 radical (unpaired) electrons. The van der Waals surface area contributed by atoms with Crippen molar-refractivity contribution in [1.29, 1.82) is 0 Å². The Kier molecular flexibility index (Phi) is 3.02. The Balaban J connectivity index is 2.24. The predicted molar refractivity (Wildman–Crippen MR) is 64.2 cm³/mol. The molecule has 0 aliphatic carbocycles. The van der Waals surface area contributed by atoms with Gasteiger partial charge in [-0.1, -0.05) is 0 Å². The van der Waals surface area contributed by atoms with Crippen LogP contribution in [0.5, 0.6) is 0 Å². The summed E-state index contributed by atoms with van der Waals surface area (Å²) in [7, 11) is 0. The fourth-order valence-corrected chi connectivity index (χ4v) is 2.35. The third kappa shape index (κ3) is 2.54. The van der Waals surface area contributed by atoms with Crippen molar-refractivity contribution in [2.24, 2.45) is 0 Å². The predicted octanol–water partition coefficient (Wildman–Crippen LogP) is 4.10. The van der Waals surface area contributed by atoms with Crippen molar-refractivity contribution in [3.63, 3.8) is 0 Å². The van der Waals surface area contributed by atoms with Gasteiger partial charge in [-0.15, -0.1) is 11.3 Å². The molecule has 1 N–H and O–H groups in total. The monoisotopic (exact) mass is 286 g/mol. The number of benzene rings is 1. The molecule has 2 nitrogen and oxygen atoms in total. The van der Waals surface area contributed by atoms with E-state index < -0.39 is 0 Å². The normalized spacial score (nSPS) is 10.3. The molecule has 0 bridgehead atoms. The molecule has 1 aromatic heterocycles. The molecule has 0 saturated heterocycles. The number of hydrogen-bond donors (Lipinski definition) is 1. The highest BCUT2D eigenvalue weighted by Crippen LogP contribution is 2.25. The molecule has 0 spiro atoms. The fourth-order valence-electron chi connectivity index (χ4n) is 1.19. The van der Waals surface area contributed by atoms with E-state index in [1.54, 1.807) is 6.07 Å². The average Bonchev–Trinajstić information content (AvgIpc) is 2.56. The highest BCUT2D eigenvalue weighted by molar-refractivity contribution is 9.10. The number of hydrogen-bond acceptors (Lipinski definition) is 3. The van der Waals surface area contributed by atoms with Gasteiger partial charge in [-0.05, 0) is 46.6 Å². The summed E-state index contributed by atoms with van der Waals surface area (Å²) >= 11 is 4.77. The van der Waals surface area contributed by atoms with E-state index >= 15 is 0 Å². The van der Waals surface area contributed by atoms with Gasteiger partial charge < -0.3 is 5.32 Å². The molecule has 0 aliphatic heterocycles. The molecular weight excluding hydrogens is 279 g/mol. The molecule has 0 aliphatic rings. The summed E-state index contributed by atoms with van der Waals surface area (Å²) in [5, 5.41) is 5.81. The molecule has 78 valence electrons. The number of halogens is 2. The zero-order valence-electron chi connectivity index (χ0n) is 7.92. The first-order valence-electron chi connectivity index (χ1n) is 4.29. The van der Waals surface area contributed by atoms with Crippen LogP contribution in [0, 0.1) is 12.7 Å². The summed E-state index contributed by atoms with van der Waals surface area (Å²) in [6, 6.07) is 4.63. The van der Waals surface area contributed by atoms with E-state index in [1.807, 2.05) is 12.3 Å². The number of aryl methyl sites for hydroxylation is 1. The van der Waals surface area contributed by atoms with Crippen molar-refractivity contribution >= 4 is 38.1 Å². The van der Waals surface area contributed by atoms with E-state index in [0.29, 0.717) is 0 Å². The zero-order valence-corrected chi connectivity index (χ0v) is 10.3. The van der Waals surface area contributed by atoms with Crippen molar-refractivity contribution in [2.45, 2.75) is 6.92 Å². The Morgan fingerprint density at radius 1 is 1.47 bits per heavy atom. The Morgan fingerprint density at radius 3 is 2.87 bits per heavy atom. The van der Waals surface area contributed by atoms with Gasteiger partial charge in [-0.3, -0.25) is 0 Å².